The Morgan fingerprint density at radius 1 is 1.31 bits per heavy atom. The van der Waals surface area contributed by atoms with Crippen molar-refractivity contribution in [3.05, 3.63) is 0 Å². The van der Waals surface area contributed by atoms with E-state index in [1.54, 1.807) is 0 Å². The van der Waals surface area contributed by atoms with Crippen molar-refractivity contribution in [2.75, 3.05) is 19.8 Å². The van der Waals surface area contributed by atoms with Gasteiger partial charge >= 0.3 is 0 Å². The van der Waals surface area contributed by atoms with Gasteiger partial charge in [-0.05, 0) is 12.8 Å². The predicted octanol–water partition coefficient (Wildman–Crippen LogP) is 0.375. The summed E-state index contributed by atoms with van der Waals surface area (Å²) >= 11 is 0. The van der Waals surface area contributed by atoms with E-state index in [2.05, 4.69) is 0 Å². The molecule has 0 radical (unpaired) electrons. The summed E-state index contributed by atoms with van der Waals surface area (Å²) < 4.78 is 10.1. The first-order chi connectivity index (χ1) is 6.11. The topological polar surface area (TPSA) is 58.9 Å². The Balaban J connectivity index is 3.66. The molecule has 0 aliphatic rings. The van der Waals surface area contributed by atoms with Crippen LogP contribution in [-0.2, 0) is 9.47 Å². The maximum Gasteiger partial charge on any atom is 0.178 e. The van der Waals surface area contributed by atoms with Crippen molar-refractivity contribution >= 4 is 0 Å². The molecule has 0 aliphatic heterocycles. The number of hydrogen-bond donors (Lipinski definition) is 2. The molecule has 2 N–H and O–H groups in total. The minimum Gasteiger partial charge on any atom is -0.394 e. The Morgan fingerprint density at radius 2 is 1.92 bits per heavy atom. The lowest BCUT2D eigenvalue weighted by Crippen LogP contribution is -2.32. The summed E-state index contributed by atoms with van der Waals surface area (Å²) in [5, 5.41) is 18.2. The third kappa shape index (κ3) is 5.99. The number of hydrogen-bond acceptors (Lipinski definition) is 4. The fourth-order valence-corrected chi connectivity index (χ4v) is 0.871. The van der Waals surface area contributed by atoms with Gasteiger partial charge in [0.15, 0.2) is 6.29 Å². The maximum absolute atomic E-state index is 9.27. The van der Waals surface area contributed by atoms with Gasteiger partial charge in [-0.2, -0.15) is 0 Å². The van der Waals surface area contributed by atoms with Gasteiger partial charge in [-0.25, -0.2) is 0 Å². The van der Waals surface area contributed by atoms with Crippen LogP contribution in [0.25, 0.3) is 0 Å². The van der Waals surface area contributed by atoms with E-state index >= 15 is 0 Å². The molecule has 0 aliphatic carbocycles. The highest BCUT2D eigenvalue weighted by Gasteiger charge is 2.16. The zero-order valence-electron chi connectivity index (χ0n) is 8.56. The molecule has 0 aromatic rings. The van der Waals surface area contributed by atoms with Gasteiger partial charge in [0.25, 0.3) is 0 Å². The molecular formula is C9H20O4. The molecule has 0 amide bonds. The molecular weight excluding hydrogens is 172 g/mol. The molecule has 0 aromatic heterocycles. The second-order valence-electron chi connectivity index (χ2n) is 3.22. The van der Waals surface area contributed by atoms with Crippen LogP contribution in [0.3, 0.4) is 0 Å². The van der Waals surface area contributed by atoms with E-state index in [1.807, 2.05) is 20.8 Å². The molecule has 80 valence electrons. The Kier molecular flexibility index (Phi) is 7.17. The predicted molar refractivity (Wildman–Crippen MR) is 49.3 cm³/mol. The van der Waals surface area contributed by atoms with E-state index in [4.69, 9.17) is 14.6 Å². The first kappa shape index (κ1) is 12.8. The summed E-state index contributed by atoms with van der Waals surface area (Å²) in [7, 11) is 0. The molecule has 0 saturated carbocycles. The van der Waals surface area contributed by atoms with E-state index < -0.39 is 6.29 Å². The fraction of sp³-hybridized carbons (Fsp3) is 1.00. The Labute approximate surface area is 79.5 Å². The molecule has 0 rings (SSSR count). The summed E-state index contributed by atoms with van der Waals surface area (Å²) in [5.74, 6) is 0.182. The number of aliphatic hydroxyl groups excluding tert-OH is 2. The standard InChI is InChI=1S/C9H20O4/c1-4-12-6-9(11)13-8(5-10)7(2)3/h7-11H,4-6H2,1-3H3. The molecule has 0 spiro atoms. The van der Waals surface area contributed by atoms with E-state index in [0.29, 0.717) is 6.61 Å². The van der Waals surface area contributed by atoms with Gasteiger partial charge in [0.2, 0.25) is 0 Å². The second-order valence-corrected chi connectivity index (χ2v) is 3.22. The lowest BCUT2D eigenvalue weighted by molar-refractivity contribution is -0.182. The average molecular weight is 192 g/mol. The highest BCUT2D eigenvalue weighted by molar-refractivity contribution is 4.60. The summed E-state index contributed by atoms with van der Waals surface area (Å²) in [6, 6.07) is 0. The third-order valence-corrected chi connectivity index (χ3v) is 1.72. The summed E-state index contributed by atoms with van der Waals surface area (Å²) in [4.78, 5) is 0. The highest BCUT2D eigenvalue weighted by Crippen LogP contribution is 2.07. The van der Waals surface area contributed by atoms with Crippen molar-refractivity contribution < 1.29 is 19.7 Å². The van der Waals surface area contributed by atoms with Crippen LogP contribution in [0.5, 0.6) is 0 Å². The zero-order valence-corrected chi connectivity index (χ0v) is 8.56. The van der Waals surface area contributed by atoms with Crippen molar-refractivity contribution in [2.24, 2.45) is 5.92 Å². The Morgan fingerprint density at radius 3 is 2.31 bits per heavy atom. The van der Waals surface area contributed by atoms with Crippen molar-refractivity contribution in [1.82, 2.24) is 0 Å². The van der Waals surface area contributed by atoms with Gasteiger partial charge in [0.05, 0.1) is 19.3 Å². The normalized spacial score (nSPS) is 16.2. The van der Waals surface area contributed by atoms with Gasteiger partial charge in [-0.15, -0.1) is 0 Å². The van der Waals surface area contributed by atoms with Crippen LogP contribution in [0.15, 0.2) is 0 Å². The number of aliphatic hydroxyl groups is 2. The average Bonchev–Trinajstić information content (AvgIpc) is 2.10. The van der Waals surface area contributed by atoms with Crippen LogP contribution in [0.1, 0.15) is 20.8 Å². The highest BCUT2D eigenvalue weighted by atomic mass is 16.6. The lowest BCUT2D eigenvalue weighted by atomic mass is 10.1. The largest absolute Gasteiger partial charge is 0.394 e. The van der Waals surface area contributed by atoms with E-state index in [1.165, 1.54) is 0 Å². The van der Waals surface area contributed by atoms with Gasteiger partial charge < -0.3 is 19.7 Å². The molecule has 0 heterocycles. The molecule has 0 saturated heterocycles. The number of ether oxygens (including phenoxy) is 2. The third-order valence-electron chi connectivity index (χ3n) is 1.72. The summed E-state index contributed by atoms with van der Waals surface area (Å²) in [5.41, 5.74) is 0. The molecule has 0 aromatic carbocycles. The van der Waals surface area contributed by atoms with Crippen molar-refractivity contribution in [3.63, 3.8) is 0 Å². The van der Waals surface area contributed by atoms with Gasteiger partial charge in [-0.1, -0.05) is 13.8 Å². The minimum atomic E-state index is -0.945. The zero-order chi connectivity index (χ0) is 10.3. The van der Waals surface area contributed by atoms with Crippen molar-refractivity contribution in [2.45, 2.75) is 33.2 Å². The number of rotatable bonds is 7. The van der Waals surface area contributed by atoms with Crippen LogP contribution in [0, 0.1) is 5.92 Å². The monoisotopic (exact) mass is 192 g/mol. The molecule has 13 heavy (non-hydrogen) atoms. The first-order valence-corrected chi connectivity index (χ1v) is 4.63. The van der Waals surface area contributed by atoms with Crippen LogP contribution in [0.4, 0.5) is 0 Å². The van der Waals surface area contributed by atoms with Crippen LogP contribution in [0.2, 0.25) is 0 Å². The summed E-state index contributed by atoms with van der Waals surface area (Å²) in [6.07, 6.45) is -1.27. The van der Waals surface area contributed by atoms with Crippen LogP contribution in [-0.4, -0.2) is 42.4 Å². The lowest BCUT2D eigenvalue weighted by Gasteiger charge is -2.22. The molecule has 0 fully saturated rings. The van der Waals surface area contributed by atoms with Gasteiger partial charge in [-0.3, -0.25) is 0 Å². The smallest absolute Gasteiger partial charge is 0.178 e. The molecule has 2 atom stereocenters. The van der Waals surface area contributed by atoms with Crippen LogP contribution >= 0.6 is 0 Å². The molecule has 0 bridgehead atoms. The molecule has 2 unspecified atom stereocenters. The fourth-order valence-electron chi connectivity index (χ4n) is 0.871. The second kappa shape index (κ2) is 7.26. The quantitative estimate of drug-likeness (QED) is 0.572. The maximum atomic E-state index is 9.27. The SMILES string of the molecule is CCOCC(O)OC(CO)C(C)C. The van der Waals surface area contributed by atoms with E-state index in [-0.39, 0.29) is 25.2 Å². The van der Waals surface area contributed by atoms with Crippen molar-refractivity contribution in [1.29, 1.82) is 0 Å². The summed E-state index contributed by atoms with van der Waals surface area (Å²) in [6.45, 7) is 6.31. The van der Waals surface area contributed by atoms with Gasteiger partial charge in [0.1, 0.15) is 0 Å². The molecule has 4 nitrogen and oxygen atoms in total. The van der Waals surface area contributed by atoms with Crippen LogP contribution < -0.4 is 0 Å². The Hall–Kier alpha value is -0.160. The Bertz CT molecular complexity index is 116. The van der Waals surface area contributed by atoms with Crippen molar-refractivity contribution in [3.8, 4) is 0 Å². The van der Waals surface area contributed by atoms with E-state index in [0.717, 1.165) is 0 Å². The molecule has 4 heteroatoms. The van der Waals surface area contributed by atoms with Gasteiger partial charge in [0, 0.05) is 6.61 Å². The first-order valence-electron chi connectivity index (χ1n) is 4.63. The minimum absolute atomic E-state index is 0.0825. The van der Waals surface area contributed by atoms with E-state index in [9.17, 15) is 5.11 Å².